The molecule has 1 aliphatic rings. The molecule has 0 aromatic carbocycles. The summed E-state index contributed by atoms with van der Waals surface area (Å²) in [4.78, 5) is 13.7. The van der Waals surface area contributed by atoms with E-state index in [0.29, 0.717) is 12.4 Å². The molecule has 0 bridgehead atoms. The largest absolute Gasteiger partial charge is 0.297 e. The second-order valence-corrected chi connectivity index (χ2v) is 8.87. The van der Waals surface area contributed by atoms with Crippen LogP contribution in [0.2, 0.25) is 0 Å². The number of aromatic nitrogens is 2. The maximum atomic E-state index is 12.1. The minimum Gasteiger partial charge on any atom is -0.297 e. The first kappa shape index (κ1) is 15.3. The molecular weight excluding hydrogens is 302 g/mol. The number of carbonyl (C=O) groups is 1. The van der Waals surface area contributed by atoms with Gasteiger partial charge in [-0.05, 0) is 20.8 Å². The Morgan fingerprint density at radius 1 is 1.45 bits per heavy atom. The lowest BCUT2D eigenvalue weighted by atomic mass is 10.1. The average molecular weight is 320 g/mol. The predicted molar refractivity (Wildman–Crippen MR) is 77.3 cm³/mol. The molecule has 0 N–H and O–H groups in total. The second-order valence-electron chi connectivity index (χ2n) is 6.05. The van der Waals surface area contributed by atoms with Crippen molar-refractivity contribution in [3.8, 4) is 0 Å². The summed E-state index contributed by atoms with van der Waals surface area (Å²) in [5, 5.41) is 4.24. The van der Waals surface area contributed by atoms with E-state index >= 15 is 0 Å². The summed E-state index contributed by atoms with van der Waals surface area (Å²) in [6.07, 6.45) is 1.83. The predicted octanol–water partition coefficient (Wildman–Crippen LogP) is 1.56. The van der Waals surface area contributed by atoms with Crippen LogP contribution in [0, 0.1) is 5.92 Å². The molecule has 6 nitrogen and oxygen atoms in total. The lowest BCUT2D eigenvalue weighted by molar-refractivity contribution is -0.117. The van der Waals surface area contributed by atoms with Gasteiger partial charge in [-0.1, -0.05) is 0 Å². The Bertz CT molecular complexity index is 618. The molecule has 0 radical (unpaired) electrons. The van der Waals surface area contributed by atoms with Crippen molar-refractivity contribution in [3.05, 3.63) is 12.3 Å². The molecule has 1 atom stereocenters. The first-order valence-corrected chi connectivity index (χ1v) is 8.83. The number of carbonyl (C=O) groups excluding carboxylic acids is 1. The molecule has 0 aliphatic carbocycles. The Kier molecular flexibility index (Phi) is 3.85. The van der Waals surface area contributed by atoms with Crippen LogP contribution in [0.25, 0.3) is 0 Å². The van der Waals surface area contributed by atoms with Crippen LogP contribution in [0.4, 0.5) is 5.82 Å². The van der Waals surface area contributed by atoms with E-state index in [0.717, 1.165) is 0 Å². The maximum Gasteiger partial charge on any atom is 0.232 e. The zero-order chi connectivity index (χ0) is 15.1. The fraction of sp³-hybridized carbons (Fsp3) is 0.667. The van der Waals surface area contributed by atoms with Crippen LogP contribution in [-0.2, 0) is 19.4 Å². The Hall–Kier alpha value is -1.08. The van der Waals surface area contributed by atoms with Gasteiger partial charge in [-0.25, -0.2) is 13.1 Å². The summed E-state index contributed by atoms with van der Waals surface area (Å²) in [5.74, 6) is 0.145. The van der Waals surface area contributed by atoms with Crippen LogP contribution in [-0.4, -0.2) is 36.4 Å². The van der Waals surface area contributed by atoms with Gasteiger partial charge in [0.1, 0.15) is 5.82 Å². The summed E-state index contributed by atoms with van der Waals surface area (Å²) in [6.45, 7) is 6.33. The van der Waals surface area contributed by atoms with E-state index in [1.807, 2.05) is 20.8 Å². The average Bonchev–Trinajstić information content (AvgIpc) is 2.80. The molecule has 112 valence electrons. The molecule has 20 heavy (non-hydrogen) atoms. The van der Waals surface area contributed by atoms with Crippen molar-refractivity contribution in [3.63, 3.8) is 0 Å². The molecule has 1 fully saturated rings. The van der Waals surface area contributed by atoms with Crippen molar-refractivity contribution in [2.75, 3.05) is 17.2 Å². The number of hydrogen-bond donors (Lipinski definition) is 0. The van der Waals surface area contributed by atoms with Crippen LogP contribution >= 0.6 is 10.7 Å². The highest BCUT2D eigenvalue weighted by molar-refractivity contribution is 8.13. The monoisotopic (exact) mass is 319 g/mol. The standard InChI is InChI=1S/C12H18ClN3O3S/c1-12(2,3)16-10(4-5-14-16)15-7-9(6-11(15)17)8-20(13,18)19/h4-5,9H,6-8H2,1-3H3. The third-order valence-electron chi connectivity index (χ3n) is 3.17. The van der Waals surface area contributed by atoms with Gasteiger partial charge in [0.15, 0.2) is 0 Å². The highest BCUT2D eigenvalue weighted by atomic mass is 35.7. The van der Waals surface area contributed by atoms with Crippen molar-refractivity contribution in [1.82, 2.24) is 9.78 Å². The number of rotatable bonds is 3. The van der Waals surface area contributed by atoms with Gasteiger partial charge in [-0.15, -0.1) is 0 Å². The smallest absolute Gasteiger partial charge is 0.232 e. The van der Waals surface area contributed by atoms with Crippen LogP contribution in [0.1, 0.15) is 27.2 Å². The van der Waals surface area contributed by atoms with Crippen molar-refractivity contribution in [2.45, 2.75) is 32.7 Å². The van der Waals surface area contributed by atoms with Gasteiger partial charge in [0.2, 0.25) is 15.0 Å². The Balaban J connectivity index is 2.23. The van der Waals surface area contributed by atoms with Crippen LogP contribution in [0.3, 0.4) is 0 Å². The third kappa shape index (κ3) is 3.32. The van der Waals surface area contributed by atoms with E-state index in [-0.39, 0.29) is 29.5 Å². The molecule has 1 amide bonds. The lowest BCUT2D eigenvalue weighted by Crippen LogP contribution is -2.33. The van der Waals surface area contributed by atoms with Gasteiger partial charge in [0.05, 0.1) is 17.5 Å². The quantitative estimate of drug-likeness (QED) is 0.793. The van der Waals surface area contributed by atoms with Crippen molar-refractivity contribution in [1.29, 1.82) is 0 Å². The van der Waals surface area contributed by atoms with E-state index in [4.69, 9.17) is 10.7 Å². The van der Waals surface area contributed by atoms with Gasteiger partial charge in [0, 0.05) is 35.6 Å². The molecule has 0 saturated carbocycles. The van der Waals surface area contributed by atoms with Crippen molar-refractivity contribution >= 4 is 31.5 Å². The topological polar surface area (TPSA) is 72.3 Å². The van der Waals surface area contributed by atoms with E-state index in [2.05, 4.69) is 5.10 Å². The van der Waals surface area contributed by atoms with Gasteiger partial charge >= 0.3 is 0 Å². The van der Waals surface area contributed by atoms with Gasteiger partial charge in [-0.3, -0.25) is 9.69 Å². The molecule has 1 saturated heterocycles. The summed E-state index contributed by atoms with van der Waals surface area (Å²) < 4.78 is 24.0. The molecule has 1 aromatic heterocycles. The van der Waals surface area contributed by atoms with Crippen molar-refractivity contribution < 1.29 is 13.2 Å². The molecule has 2 rings (SSSR count). The van der Waals surface area contributed by atoms with E-state index in [1.54, 1.807) is 21.8 Å². The first-order chi connectivity index (χ1) is 9.08. The maximum absolute atomic E-state index is 12.1. The molecule has 8 heteroatoms. The highest BCUT2D eigenvalue weighted by Gasteiger charge is 2.35. The van der Waals surface area contributed by atoms with E-state index in [9.17, 15) is 13.2 Å². The van der Waals surface area contributed by atoms with Gasteiger partial charge in [0.25, 0.3) is 0 Å². The highest BCUT2D eigenvalue weighted by Crippen LogP contribution is 2.29. The summed E-state index contributed by atoms with van der Waals surface area (Å²) in [5.41, 5.74) is -0.254. The minimum atomic E-state index is -3.59. The van der Waals surface area contributed by atoms with Gasteiger partial charge in [-0.2, -0.15) is 5.10 Å². The molecule has 1 aromatic rings. The lowest BCUT2D eigenvalue weighted by Gasteiger charge is -2.26. The first-order valence-electron chi connectivity index (χ1n) is 6.35. The van der Waals surface area contributed by atoms with Crippen LogP contribution in [0.5, 0.6) is 0 Å². The van der Waals surface area contributed by atoms with Crippen LogP contribution < -0.4 is 4.90 Å². The summed E-state index contributed by atoms with van der Waals surface area (Å²) in [6, 6.07) is 1.76. The summed E-state index contributed by atoms with van der Waals surface area (Å²) in [7, 11) is 1.67. The number of nitrogens with zero attached hydrogens (tertiary/aromatic N) is 3. The zero-order valence-corrected chi connectivity index (χ0v) is 13.3. The SMILES string of the molecule is CC(C)(C)n1nccc1N1CC(CS(=O)(=O)Cl)CC1=O. The fourth-order valence-corrected chi connectivity index (χ4v) is 3.73. The van der Waals surface area contributed by atoms with E-state index in [1.165, 1.54) is 0 Å². The minimum absolute atomic E-state index is 0.0960. The Morgan fingerprint density at radius 3 is 2.65 bits per heavy atom. The molecular formula is C12H18ClN3O3S. The third-order valence-corrected chi connectivity index (χ3v) is 4.42. The Morgan fingerprint density at radius 2 is 2.10 bits per heavy atom. The Labute approximate surface area is 123 Å². The fourth-order valence-electron chi connectivity index (χ4n) is 2.41. The normalized spacial score (nSPS) is 20.7. The molecule has 2 heterocycles. The zero-order valence-electron chi connectivity index (χ0n) is 11.7. The van der Waals surface area contributed by atoms with Gasteiger partial charge < -0.3 is 0 Å². The number of halogens is 1. The number of hydrogen-bond acceptors (Lipinski definition) is 4. The number of anilines is 1. The van der Waals surface area contributed by atoms with Crippen molar-refractivity contribution in [2.24, 2.45) is 5.92 Å². The number of amides is 1. The summed E-state index contributed by atoms with van der Waals surface area (Å²) >= 11 is 0. The van der Waals surface area contributed by atoms with Crippen LogP contribution in [0.15, 0.2) is 12.3 Å². The molecule has 1 aliphatic heterocycles. The molecule has 1 unspecified atom stereocenters. The molecule has 0 spiro atoms. The second kappa shape index (κ2) is 5.04. The van der Waals surface area contributed by atoms with E-state index < -0.39 is 9.05 Å².